The van der Waals surface area contributed by atoms with E-state index < -0.39 is 0 Å². The van der Waals surface area contributed by atoms with E-state index in [0.29, 0.717) is 5.82 Å². The first-order valence-electron chi connectivity index (χ1n) is 6.06. The van der Waals surface area contributed by atoms with Gasteiger partial charge >= 0.3 is 0 Å². The van der Waals surface area contributed by atoms with Gasteiger partial charge in [-0.3, -0.25) is 4.79 Å². The van der Waals surface area contributed by atoms with E-state index in [1.807, 2.05) is 6.07 Å². The smallest absolute Gasteiger partial charge is 0.229 e. The Morgan fingerprint density at radius 3 is 2.89 bits per heavy atom. The summed E-state index contributed by atoms with van der Waals surface area (Å²) in [5, 5.41) is 2.83. The summed E-state index contributed by atoms with van der Waals surface area (Å²) in [5.74, 6) is 0.558. The number of hydrogen-bond donors (Lipinski definition) is 1. The van der Waals surface area contributed by atoms with E-state index in [0.717, 1.165) is 17.3 Å². The number of nitrogens with one attached hydrogen (secondary N) is 1. The molecule has 1 aromatic carbocycles. The third-order valence-electron chi connectivity index (χ3n) is 3.30. The standard InChI is InChI=1S/C14H12BrN3O/c15-12-2-1-9-5-11(6-10(9)7-12)14(19)18-13-3-4-16-8-17-13/h1-4,7-8,11H,5-6H2,(H,16,17,18,19). The van der Waals surface area contributed by atoms with Gasteiger partial charge in [-0.05, 0) is 42.2 Å². The average Bonchev–Trinajstić information content (AvgIpc) is 2.83. The van der Waals surface area contributed by atoms with Crippen LogP contribution in [0, 0.1) is 5.92 Å². The molecule has 19 heavy (non-hydrogen) atoms. The lowest BCUT2D eigenvalue weighted by atomic mass is 10.1. The van der Waals surface area contributed by atoms with Crippen LogP contribution < -0.4 is 5.32 Å². The van der Waals surface area contributed by atoms with Crippen LogP contribution in [0.5, 0.6) is 0 Å². The molecule has 3 rings (SSSR count). The largest absolute Gasteiger partial charge is 0.310 e. The lowest BCUT2D eigenvalue weighted by Crippen LogP contribution is -2.23. The van der Waals surface area contributed by atoms with Gasteiger partial charge in [-0.25, -0.2) is 9.97 Å². The van der Waals surface area contributed by atoms with Gasteiger partial charge in [0, 0.05) is 16.6 Å². The molecule has 0 bridgehead atoms. The van der Waals surface area contributed by atoms with Crippen molar-refractivity contribution in [3.8, 4) is 0 Å². The molecule has 0 saturated carbocycles. The molecule has 0 spiro atoms. The summed E-state index contributed by atoms with van der Waals surface area (Å²) in [6.45, 7) is 0. The highest BCUT2D eigenvalue weighted by molar-refractivity contribution is 9.10. The quantitative estimate of drug-likeness (QED) is 0.926. The number of hydrogen-bond acceptors (Lipinski definition) is 3. The molecule has 0 aliphatic heterocycles. The van der Waals surface area contributed by atoms with Crippen LogP contribution in [0.4, 0.5) is 5.82 Å². The predicted molar refractivity (Wildman–Crippen MR) is 75.7 cm³/mol. The molecule has 96 valence electrons. The molecule has 1 N–H and O–H groups in total. The summed E-state index contributed by atoms with van der Waals surface area (Å²) >= 11 is 3.46. The van der Waals surface area contributed by atoms with Crippen molar-refractivity contribution in [2.75, 3.05) is 5.32 Å². The maximum atomic E-state index is 12.2. The molecular formula is C14H12BrN3O. The highest BCUT2D eigenvalue weighted by Gasteiger charge is 2.27. The predicted octanol–water partition coefficient (Wildman–Crippen LogP) is 2.59. The first kappa shape index (κ1) is 12.3. The molecule has 0 saturated heterocycles. The lowest BCUT2D eigenvalue weighted by Gasteiger charge is -2.09. The third kappa shape index (κ3) is 2.66. The normalized spacial score (nSPS) is 17.0. The second kappa shape index (κ2) is 5.09. The van der Waals surface area contributed by atoms with Crippen LogP contribution in [0.3, 0.4) is 0 Å². The fraction of sp³-hybridized carbons (Fsp3) is 0.214. The number of rotatable bonds is 2. The fourth-order valence-electron chi connectivity index (χ4n) is 2.37. The maximum Gasteiger partial charge on any atom is 0.229 e. The van der Waals surface area contributed by atoms with Crippen molar-refractivity contribution in [2.24, 2.45) is 5.92 Å². The molecule has 1 heterocycles. The van der Waals surface area contributed by atoms with Crippen molar-refractivity contribution in [2.45, 2.75) is 12.8 Å². The van der Waals surface area contributed by atoms with E-state index in [-0.39, 0.29) is 11.8 Å². The maximum absolute atomic E-state index is 12.2. The van der Waals surface area contributed by atoms with Gasteiger partial charge < -0.3 is 5.32 Å². The zero-order valence-electron chi connectivity index (χ0n) is 10.1. The number of halogens is 1. The van der Waals surface area contributed by atoms with Crippen molar-refractivity contribution < 1.29 is 4.79 Å². The van der Waals surface area contributed by atoms with Gasteiger partial charge in [0.25, 0.3) is 0 Å². The summed E-state index contributed by atoms with van der Waals surface area (Å²) < 4.78 is 1.06. The molecule has 2 aromatic rings. The number of aromatic nitrogens is 2. The van der Waals surface area contributed by atoms with E-state index in [2.05, 4.69) is 43.3 Å². The van der Waals surface area contributed by atoms with E-state index in [1.54, 1.807) is 12.3 Å². The van der Waals surface area contributed by atoms with E-state index in [1.165, 1.54) is 17.5 Å². The third-order valence-corrected chi connectivity index (χ3v) is 3.80. The second-order valence-corrected chi connectivity index (χ2v) is 5.52. The van der Waals surface area contributed by atoms with Gasteiger partial charge in [-0.2, -0.15) is 0 Å². The number of carbonyl (C=O) groups is 1. The minimum Gasteiger partial charge on any atom is -0.310 e. The Balaban J connectivity index is 1.71. The molecule has 0 fully saturated rings. The van der Waals surface area contributed by atoms with Crippen molar-refractivity contribution in [1.82, 2.24) is 9.97 Å². The number of anilines is 1. The molecule has 1 atom stereocenters. The number of carbonyl (C=O) groups excluding carboxylic acids is 1. The van der Waals surface area contributed by atoms with E-state index in [4.69, 9.17) is 0 Å². The van der Waals surface area contributed by atoms with Crippen molar-refractivity contribution in [1.29, 1.82) is 0 Å². The lowest BCUT2D eigenvalue weighted by molar-refractivity contribution is -0.119. The van der Waals surface area contributed by atoms with E-state index in [9.17, 15) is 4.79 Å². The van der Waals surface area contributed by atoms with Crippen LogP contribution in [0.25, 0.3) is 0 Å². The van der Waals surface area contributed by atoms with Crippen molar-refractivity contribution >= 4 is 27.7 Å². The Labute approximate surface area is 119 Å². The fourth-order valence-corrected chi connectivity index (χ4v) is 2.77. The minimum atomic E-state index is -0.0146. The molecule has 0 radical (unpaired) electrons. The molecule has 1 aliphatic rings. The van der Waals surface area contributed by atoms with Gasteiger partial charge in [0.2, 0.25) is 5.91 Å². The van der Waals surface area contributed by atoms with Crippen LogP contribution in [-0.2, 0) is 17.6 Å². The molecule has 1 aromatic heterocycles. The molecule has 1 amide bonds. The summed E-state index contributed by atoms with van der Waals surface area (Å²) in [5.41, 5.74) is 2.50. The molecule has 5 heteroatoms. The highest BCUT2D eigenvalue weighted by atomic mass is 79.9. The van der Waals surface area contributed by atoms with Gasteiger partial charge in [-0.1, -0.05) is 22.0 Å². The monoisotopic (exact) mass is 317 g/mol. The van der Waals surface area contributed by atoms with Gasteiger partial charge in [0.05, 0.1) is 0 Å². The van der Waals surface area contributed by atoms with Crippen LogP contribution >= 0.6 is 15.9 Å². The van der Waals surface area contributed by atoms with E-state index >= 15 is 0 Å². The topological polar surface area (TPSA) is 54.9 Å². The zero-order valence-corrected chi connectivity index (χ0v) is 11.7. The Morgan fingerprint density at radius 1 is 1.26 bits per heavy atom. The molecule has 4 nitrogen and oxygen atoms in total. The minimum absolute atomic E-state index is 0.0146. The van der Waals surface area contributed by atoms with Gasteiger partial charge in [-0.15, -0.1) is 0 Å². The Morgan fingerprint density at radius 2 is 2.11 bits per heavy atom. The van der Waals surface area contributed by atoms with Gasteiger partial charge in [0.15, 0.2) is 0 Å². The van der Waals surface area contributed by atoms with Crippen molar-refractivity contribution in [3.63, 3.8) is 0 Å². The van der Waals surface area contributed by atoms with Crippen LogP contribution in [-0.4, -0.2) is 15.9 Å². The SMILES string of the molecule is O=C(Nc1ccncn1)C1Cc2ccc(Br)cc2C1. The average molecular weight is 318 g/mol. The first-order valence-corrected chi connectivity index (χ1v) is 6.86. The summed E-state index contributed by atoms with van der Waals surface area (Å²) in [6.07, 6.45) is 4.62. The van der Waals surface area contributed by atoms with Crippen LogP contribution in [0.2, 0.25) is 0 Å². The van der Waals surface area contributed by atoms with Crippen LogP contribution in [0.1, 0.15) is 11.1 Å². The number of benzene rings is 1. The highest BCUT2D eigenvalue weighted by Crippen LogP contribution is 2.29. The molecule has 1 aliphatic carbocycles. The molecular weight excluding hydrogens is 306 g/mol. The number of amides is 1. The van der Waals surface area contributed by atoms with Crippen LogP contribution in [0.15, 0.2) is 41.3 Å². The zero-order chi connectivity index (χ0) is 13.2. The molecule has 1 unspecified atom stereocenters. The Kier molecular flexibility index (Phi) is 3.29. The summed E-state index contributed by atoms with van der Waals surface area (Å²) in [7, 11) is 0. The second-order valence-electron chi connectivity index (χ2n) is 4.60. The summed E-state index contributed by atoms with van der Waals surface area (Å²) in [6, 6.07) is 7.88. The Bertz CT molecular complexity index is 615. The summed E-state index contributed by atoms with van der Waals surface area (Å²) in [4.78, 5) is 20.0. The first-order chi connectivity index (χ1) is 9.22. The Hall–Kier alpha value is -1.75. The number of nitrogens with zero attached hydrogens (tertiary/aromatic N) is 2. The van der Waals surface area contributed by atoms with Crippen molar-refractivity contribution in [3.05, 3.63) is 52.4 Å². The number of fused-ring (bicyclic) bond motifs is 1. The van der Waals surface area contributed by atoms with Gasteiger partial charge in [0.1, 0.15) is 12.1 Å².